The molecule has 1 aromatic carbocycles. The molecule has 43 heavy (non-hydrogen) atoms. The number of nitrogens with one attached hydrogen (secondary N) is 1. The molecule has 2 aliphatic carbocycles. The Morgan fingerprint density at radius 2 is 1.93 bits per heavy atom. The Labute approximate surface area is 256 Å². The molecule has 3 aliphatic rings. The number of carbonyl (C=O) groups excluding carboxylic acids is 1. The average Bonchev–Trinajstić information content (AvgIpc) is 3.03. The molecule has 1 saturated carbocycles. The van der Waals surface area contributed by atoms with Crippen LogP contribution >= 0.6 is 0 Å². The highest BCUT2D eigenvalue weighted by atomic mass is 19.3. The van der Waals surface area contributed by atoms with Crippen molar-refractivity contribution >= 4 is 5.78 Å². The maximum absolute atomic E-state index is 13.7. The number of hydrogen-bond acceptors (Lipinski definition) is 6. The van der Waals surface area contributed by atoms with Gasteiger partial charge in [0.05, 0.1) is 11.7 Å². The summed E-state index contributed by atoms with van der Waals surface area (Å²) in [4.78, 5) is 23.3. The number of aromatic nitrogens is 1. The van der Waals surface area contributed by atoms with Crippen LogP contribution in [0.25, 0.3) is 0 Å². The fourth-order valence-electron chi connectivity index (χ4n) is 7.50. The van der Waals surface area contributed by atoms with E-state index in [0.29, 0.717) is 31.3 Å². The highest BCUT2D eigenvalue weighted by Crippen LogP contribution is 2.38. The highest BCUT2D eigenvalue weighted by molar-refractivity contribution is 5.82. The van der Waals surface area contributed by atoms with Gasteiger partial charge in [0.2, 0.25) is 5.92 Å². The standard InChI is InChI=1S/C35H51F2N5O/c36-35(37)16-13-28(14-17-35)33(43)24-30(27-8-2-1-3-9-27)15-22-41-23-20-39-31(25-41)26-42(21-5-4-18-38)32-12-6-10-29-11-7-19-40-34(29)32/h1-3,7-9,11,19,28,30-32,39H,4-6,10,12-18,20-26,38H2/t30-,31-,32-/m0/s1. The minimum atomic E-state index is -2.61. The molecule has 3 N–H and O–H groups in total. The molecule has 1 aromatic heterocycles. The second kappa shape index (κ2) is 15.6. The first-order valence-corrected chi connectivity index (χ1v) is 16.7. The van der Waals surface area contributed by atoms with E-state index in [-0.39, 0.29) is 30.5 Å². The van der Waals surface area contributed by atoms with Crippen molar-refractivity contribution in [2.24, 2.45) is 11.7 Å². The van der Waals surface area contributed by atoms with Gasteiger partial charge >= 0.3 is 0 Å². The van der Waals surface area contributed by atoms with Gasteiger partial charge in [-0.2, -0.15) is 0 Å². The molecular formula is C35H51F2N5O. The van der Waals surface area contributed by atoms with Gasteiger partial charge in [0.25, 0.3) is 0 Å². The molecule has 2 aromatic rings. The van der Waals surface area contributed by atoms with Gasteiger partial charge in [-0.3, -0.25) is 14.7 Å². The summed E-state index contributed by atoms with van der Waals surface area (Å²) >= 11 is 0. The summed E-state index contributed by atoms with van der Waals surface area (Å²) in [5.74, 6) is -2.55. The minimum Gasteiger partial charge on any atom is -0.330 e. The molecule has 0 amide bonds. The van der Waals surface area contributed by atoms with Gasteiger partial charge in [-0.15, -0.1) is 0 Å². The summed E-state index contributed by atoms with van der Waals surface area (Å²) in [6.07, 6.45) is 9.17. The van der Waals surface area contributed by atoms with Gasteiger partial charge in [0, 0.05) is 63.6 Å². The lowest BCUT2D eigenvalue weighted by atomic mass is 9.80. The molecule has 1 aliphatic heterocycles. The summed E-state index contributed by atoms with van der Waals surface area (Å²) in [7, 11) is 0. The van der Waals surface area contributed by atoms with Crippen LogP contribution in [-0.2, 0) is 11.2 Å². The lowest BCUT2D eigenvalue weighted by molar-refractivity contribution is -0.127. The predicted octanol–water partition coefficient (Wildman–Crippen LogP) is 5.73. The van der Waals surface area contributed by atoms with Gasteiger partial charge in [0.1, 0.15) is 5.78 Å². The van der Waals surface area contributed by atoms with Crippen molar-refractivity contribution in [3.05, 3.63) is 65.5 Å². The van der Waals surface area contributed by atoms with E-state index in [2.05, 4.69) is 39.4 Å². The van der Waals surface area contributed by atoms with Crippen molar-refractivity contribution in [1.29, 1.82) is 0 Å². The molecule has 0 bridgehead atoms. The number of aryl methyl sites for hydroxylation is 1. The van der Waals surface area contributed by atoms with E-state index in [1.807, 2.05) is 24.4 Å². The number of piperazine rings is 1. The van der Waals surface area contributed by atoms with Gasteiger partial charge < -0.3 is 16.0 Å². The largest absolute Gasteiger partial charge is 0.330 e. The normalized spacial score (nSPS) is 23.6. The van der Waals surface area contributed by atoms with Crippen molar-refractivity contribution in [3.8, 4) is 0 Å². The minimum absolute atomic E-state index is 0.113. The van der Waals surface area contributed by atoms with Crippen molar-refractivity contribution < 1.29 is 13.6 Å². The molecular weight excluding hydrogens is 544 g/mol. The number of alkyl halides is 2. The van der Waals surface area contributed by atoms with E-state index >= 15 is 0 Å². The SMILES string of the molecule is NCCCCN(C[C@@H]1CN(CC[C@@H](CC(=O)C2CCC(F)(F)CC2)c2ccccc2)CCN1)[C@H]1CCCc2cccnc21. The summed E-state index contributed by atoms with van der Waals surface area (Å²) in [6, 6.07) is 15.3. The Bertz CT molecular complexity index is 1140. The average molecular weight is 596 g/mol. The number of rotatable bonds is 14. The third-order valence-electron chi connectivity index (χ3n) is 9.98. The molecule has 2 heterocycles. The molecule has 5 rings (SSSR count). The molecule has 0 spiro atoms. The van der Waals surface area contributed by atoms with Crippen LogP contribution in [0.15, 0.2) is 48.7 Å². The number of fused-ring (bicyclic) bond motifs is 1. The fraction of sp³-hybridized carbons (Fsp3) is 0.657. The summed E-state index contributed by atoms with van der Waals surface area (Å²) < 4.78 is 27.4. The van der Waals surface area contributed by atoms with E-state index < -0.39 is 5.92 Å². The summed E-state index contributed by atoms with van der Waals surface area (Å²) in [5, 5.41) is 3.79. The molecule has 1 saturated heterocycles. The number of hydrogen-bond donors (Lipinski definition) is 2. The van der Waals surface area contributed by atoms with Crippen LogP contribution < -0.4 is 11.1 Å². The van der Waals surface area contributed by atoms with E-state index in [0.717, 1.165) is 77.9 Å². The molecule has 2 fully saturated rings. The predicted molar refractivity (Wildman–Crippen MR) is 168 cm³/mol. The zero-order valence-electron chi connectivity index (χ0n) is 25.7. The zero-order valence-corrected chi connectivity index (χ0v) is 25.7. The number of nitrogens with two attached hydrogens (primary N) is 1. The van der Waals surface area contributed by atoms with Gasteiger partial charge in [-0.25, -0.2) is 8.78 Å². The van der Waals surface area contributed by atoms with Gasteiger partial charge in [0.15, 0.2) is 0 Å². The Hall–Kier alpha value is -2.26. The molecule has 236 valence electrons. The lowest BCUT2D eigenvalue weighted by Gasteiger charge is -2.41. The van der Waals surface area contributed by atoms with Crippen LogP contribution in [0, 0.1) is 5.92 Å². The van der Waals surface area contributed by atoms with Crippen molar-refractivity contribution in [2.75, 3.05) is 45.8 Å². The maximum Gasteiger partial charge on any atom is 0.248 e. The Balaban J connectivity index is 1.20. The van der Waals surface area contributed by atoms with Crippen molar-refractivity contribution in [2.45, 2.75) is 94.6 Å². The second-order valence-electron chi connectivity index (χ2n) is 13.1. The first-order chi connectivity index (χ1) is 20.9. The number of ketones is 1. The van der Waals surface area contributed by atoms with E-state index in [1.165, 1.54) is 23.2 Å². The summed E-state index contributed by atoms with van der Waals surface area (Å²) in [5.41, 5.74) is 9.68. The Morgan fingerprint density at radius 1 is 1.12 bits per heavy atom. The van der Waals surface area contributed by atoms with Crippen LogP contribution in [0.2, 0.25) is 0 Å². The number of unbranched alkanes of at least 4 members (excludes halogenated alkanes) is 1. The topological polar surface area (TPSA) is 74.5 Å². The lowest BCUT2D eigenvalue weighted by Crippen LogP contribution is -2.55. The monoisotopic (exact) mass is 595 g/mol. The van der Waals surface area contributed by atoms with Crippen molar-refractivity contribution in [3.63, 3.8) is 0 Å². The number of carbonyl (C=O) groups is 1. The Kier molecular flexibility index (Phi) is 11.7. The maximum atomic E-state index is 13.7. The van der Waals surface area contributed by atoms with Gasteiger partial charge in [-0.05, 0) is 94.1 Å². The quantitative estimate of drug-likeness (QED) is 0.272. The van der Waals surface area contributed by atoms with E-state index in [9.17, 15) is 13.6 Å². The van der Waals surface area contributed by atoms with E-state index in [4.69, 9.17) is 10.7 Å². The second-order valence-corrected chi connectivity index (χ2v) is 13.1. The van der Waals surface area contributed by atoms with E-state index in [1.54, 1.807) is 0 Å². The molecule has 0 unspecified atom stereocenters. The number of halogens is 2. The van der Waals surface area contributed by atoms with Crippen LogP contribution in [0.5, 0.6) is 0 Å². The first-order valence-electron chi connectivity index (χ1n) is 16.7. The molecule has 3 atom stereocenters. The van der Waals surface area contributed by atoms with Gasteiger partial charge in [-0.1, -0.05) is 36.4 Å². The number of pyridine rings is 1. The number of nitrogens with zero attached hydrogens (tertiary/aromatic N) is 3. The third-order valence-corrected chi connectivity index (χ3v) is 9.98. The smallest absolute Gasteiger partial charge is 0.248 e. The van der Waals surface area contributed by atoms with Crippen LogP contribution in [-0.4, -0.2) is 78.3 Å². The molecule has 6 nitrogen and oxygen atoms in total. The zero-order chi connectivity index (χ0) is 30.1. The van der Waals surface area contributed by atoms with Crippen LogP contribution in [0.1, 0.15) is 93.0 Å². The summed E-state index contributed by atoms with van der Waals surface area (Å²) in [6.45, 7) is 6.57. The fourth-order valence-corrected chi connectivity index (χ4v) is 7.50. The number of Topliss-reactive ketones (excluding diaryl/α,β-unsaturated/α-hetero) is 1. The highest BCUT2D eigenvalue weighted by Gasteiger charge is 2.38. The van der Waals surface area contributed by atoms with Crippen LogP contribution in [0.4, 0.5) is 8.78 Å². The first kappa shape index (κ1) is 32.1. The third kappa shape index (κ3) is 9.13. The van der Waals surface area contributed by atoms with Crippen LogP contribution in [0.3, 0.4) is 0 Å². The van der Waals surface area contributed by atoms with Crippen molar-refractivity contribution in [1.82, 2.24) is 20.1 Å². The molecule has 0 radical (unpaired) electrons. The number of benzene rings is 1. The molecule has 8 heteroatoms. The Morgan fingerprint density at radius 3 is 2.72 bits per heavy atom.